The van der Waals surface area contributed by atoms with Crippen molar-refractivity contribution in [1.82, 2.24) is 5.32 Å². The topological polar surface area (TPSA) is 29.1 Å². The Labute approximate surface area is 138 Å². The Morgan fingerprint density at radius 1 is 1.19 bits per heavy atom. The fraction of sp³-hybridized carbons (Fsp3) is 0.944. The van der Waals surface area contributed by atoms with Gasteiger partial charge in [-0.1, -0.05) is 29.8 Å². The second-order valence-electron chi connectivity index (χ2n) is 9.25. The van der Waals surface area contributed by atoms with Crippen molar-refractivity contribution in [2.45, 2.75) is 78.2 Å². The summed E-state index contributed by atoms with van der Waals surface area (Å²) in [6.07, 6.45) is 9.85. The number of nitrogens with one attached hydrogen (secondary N) is 1. The largest absolute Gasteiger partial charge is 0.354 e. The van der Waals surface area contributed by atoms with Crippen LogP contribution in [0.2, 0.25) is 0 Å². The first-order chi connectivity index (χ1) is 9.76. The van der Waals surface area contributed by atoms with Crippen LogP contribution in [0.25, 0.3) is 0 Å². The van der Waals surface area contributed by atoms with Crippen molar-refractivity contribution >= 4 is 21.8 Å². The smallest absolute Gasteiger partial charge is 0.220 e. The fourth-order valence-corrected chi connectivity index (χ4v) is 7.47. The molecule has 4 aliphatic rings. The molecule has 3 atom stereocenters. The molecular weight excluding hydrogens is 326 g/mol. The number of carbonyl (C=O) groups excluding carboxylic acids is 1. The van der Waals surface area contributed by atoms with E-state index >= 15 is 0 Å². The molecule has 0 spiro atoms. The van der Waals surface area contributed by atoms with Crippen LogP contribution in [0.15, 0.2) is 0 Å². The summed E-state index contributed by atoms with van der Waals surface area (Å²) >= 11 is 3.46. The molecule has 0 radical (unpaired) electrons. The molecule has 0 saturated heterocycles. The zero-order valence-electron chi connectivity index (χ0n) is 13.8. The maximum absolute atomic E-state index is 12.5. The highest BCUT2D eigenvalue weighted by Gasteiger charge is 2.60. The molecule has 3 heteroatoms. The summed E-state index contributed by atoms with van der Waals surface area (Å²) in [5.41, 5.74) is 1.33. The van der Waals surface area contributed by atoms with E-state index in [-0.39, 0.29) is 11.9 Å². The van der Waals surface area contributed by atoms with Crippen molar-refractivity contribution in [2.24, 2.45) is 22.2 Å². The monoisotopic (exact) mass is 355 g/mol. The van der Waals surface area contributed by atoms with Gasteiger partial charge >= 0.3 is 0 Å². The lowest BCUT2D eigenvalue weighted by molar-refractivity contribution is -0.156. The van der Waals surface area contributed by atoms with E-state index in [2.05, 4.69) is 42.0 Å². The number of hydrogen-bond donors (Lipinski definition) is 1. The van der Waals surface area contributed by atoms with Crippen LogP contribution in [0.3, 0.4) is 0 Å². The zero-order chi connectivity index (χ0) is 15.3. The number of rotatable bonds is 5. The quantitative estimate of drug-likeness (QED) is 0.713. The van der Waals surface area contributed by atoms with E-state index in [9.17, 15) is 4.79 Å². The molecule has 4 fully saturated rings. The van der Waals surface area contributed by atoms with Gasteiger partial charge in [0.05, 0.1) is 0 Å². The van der Waals surface area contributed by atoms with Gasteiger partial charge < -0.3 is 5.32 Å². The molecule has 120 valence electrons. The highest BCUT2D eigenvalue weighted by molar-refractivity contribution is 9.09. The Hall–Kier alpha value is -0.0500. The molecule has 1 amide bonds. The van der Waals surface area contributed by atoms with Crippen LogP contribution in [0.5, 0.6) is 0 Å². The third kappa shape index (κ3) is 3.18. The maximum Gasteiger partial charge on any atom is 0.220 e. The average Bonchev–Trinajstić information content (AvgIpc) is 2.21. The van der Waals surface area contributed by atoms with Gasteiger partial charge in [0.25, 0.3) is 0 Å². The van der Waals surface area contributed by atoms with E-state index in [1.807, 2.05) is 0 Å². The third-order valence-corrected chi connectivity index (χ3v) is 6.68. The molecule has 0 aliphatic heterocycles. The molecule has 4 bridgehead atoms. The molecule has 2 nitrogen and oxygen atoms in total. The van der Waals surface area contributed by atoms with E-state index in [0.717, 1.165) is 24.1 Å². The predicted octanol–water partition coefficient (Wildman–Crippen LogP) is 4.66. The van der Waals surface area contributed by atoms with Crippen molar-refractivity contribution in [3.8, 4) is 0 Å². The average molecular weight is 356 g/mol. The van der Waals surface area contributed by atoms with Crippen LogP contribution in [0.1, 0.15) is 72.1 Å². The van der Waals surface area contributed by atoms with Gasteiger partial charge in [-0.25, -0.2) is 0 Å². The van der Waals surface area contributed by atoms with Crippen molar-refractivity contribution in [1.29, 1.82) is 0 Å². The van der Waals surface area contributed by atoms with Crippen LogP contribution < -0.4 is 5.32 Å². The van der Waals surface area contributed by atoms with E-state index in [1.54, 1.807) is 0 Å². The summed E-state index contributed by atoms with van der Waals surface area (Å²) in [7, 11) is 0. The maximum atomic E-state index is 12.5. The summed E-state index contributed by atoms with van der Waals surface area (Å²) in [4.78, 5) is 12.5. The summed E-state index contributed by atoms with van der Waals surface area (Å²) in [6, 6.07) is 0.289. The molecule has 0 heterocycles. The molecule has 4 aliphatic carbocycles. The first-order valence-corrected chi connectivity index (χ1v) is 9.73. The van der Waals surface area contributed by atoms with Gasteiger partial charge in [0.15, 0.2) is 0 Å². The SMILES string of the molecule is CC(CCBr)NC(=O)CC12CC3CC(C)(CC(C)(C3)C1)C2. The molecule has 21 heavy (non-hydrogen) atoms. The van der Waals surface area contributed by atoms with Crippen LogP contribution in [0.4, 0.5) is 0 Å². The minimum atomic E-state index is 0.289. The summed E-state index contributed by atoms with van der Waals surface area (Å²) in [5, 5.41) is 4.17. The van der Waals surface area contributed by atoms with Gasteiger partial charge in [-0.05, 0) is 74.0 Å². The molecule has 1 N–H and O–H groups in total. The van der Waals surface area contributed by atoms with Crippen LogP contribution in [0, 0.1) is 22.2 Å². The van der Waals surface area contributed by atoms with Crippen molar-refractivity contribution < 1.29 is 4.79 Å². The van der Waals surface area contributed by atoms with Gasteiger partial charge in [-0.15, -0.1) is 0 Å². The summed E-state index contributed by atoms with van der Waals surface area (Å²) < 4.78 is 0. The van der Waals surface area contributed by atoms with Crippen molar-refractivity contribution in [2.75, 3.05) is 5.33 Å². The number of halogens is 1. The van der Waals surface area contributed by atoms with Gasteiger partial charge in [0.1, 0.15) is 0 Å². The Kier molecular flexibility index (Phi) is 3.96. The van der Waals surface area contributed by atoms with Crippen LogP contribution in [-0.2, 0) is 4.79 Å². The second kappa shape index (κ2) is 5.25. The van der Waals surface area contributed by atoms with E-state index in [4.69, 9.17) is 0 Å². The number of hydrogen-bond acceptors (Lipinski definition) is 1. The van der Waals surface area contributed by atoms with E-state index in [0.29, 0.717) is 16.2 Å². The lowest BCUT2D eigenvalue weighted by Gasteiger charge is -2.65. The van der Waals surface area contributed by atoms with Crippen molar-refractivity contribution in [3.05, 3.63) is 0 Å². The van der Waals surface area contributed by atoms with Crippen LogP contribution in [-0.4, -0.2) is 17.3 Å². The van der Waals surface area contributed by atoms with E-state index in [1.165, 1.54) is 38.5 Å². The Morgan fingerprint density at radius 2 is 1.81 bits per heavy atom. The molecule has 4 rings (SSSR count). The van der Waals surface area contributed by atoms with Gasteiger partial charge in [-0.2, -0.15) is 0 Å². The van der Waals surface area contributed by atoms with Gasteiger partial charge in [-0.3, -0.25) is 4.79 Å². The molecule has 0 aromatic rings. The molecule has 0 aromatic heterocycles. The number of amides is 1. The zero-order valence-corrected chi connectivity index (χ0v) is 15.4. The highest BCUT2D eigenvalue weighted by atomic mass is 79.9. The summed E-state index contributed by atoms with van der Waals surface area (Å²) in [6.45, 7) is 7.08. The first kappa shape index (κ1) is 15.8. The number of alkyl halides is 1. The second-order valence-corrected chi connectivity index (χ2v) is 10.0. The van der Waals surface area contributed by atoms with Gasteiger partial charge in [0, 0.05) is 17.8 Å². The van der Waals surface area contributed by atoms with Crippen LogP contribution >= 0.6 is 15.9 Å². The minimum Gasteiger partial charge on any atom is -0.354 e. The standard InChI is InChI=1S/C18H30BrNO/c1-13(4-5-19)20-15(21)9-18-8-14-6-16(2,11-18)10-17(3,7-14)12-18/h13-14H,4-12H2,1-3H3,(H,20,21). The number of carbonyl (C=O) groups is 1. The molecular formula is C18H30BrNO. The van der Waals surface area contributed by atoms with Gasteiger partial charge in [0.2, 0.25) is 5.91 Å². The Balaban J connectivity index is 1.69. The van der Waals surface area contributed by atoms with Crippen molar-refractivity contribution in [3.63, 3.8) is 0 Å². The molecule has 0 aromatic carbocycles. The van der Waals surface area contributed by atoms with E-state index < -0.39 is 0 Å². The Morgan fingerprint density at radius 3 is 2.33 bits per heavy atom. The normalized spacial score (nSPS) is 45.6. The first-order valence-electron chi connectivity index (χ1n) is 8.61. The summed E-state index contributed by atoms with van der Waals surface area (Å²) in [5.74, 6) is 1.17. The fourth-order valence-electron chi connectivity index (χ4n) is 6.78. The highest BCUT2D eigenvalue weighted by Crippen LogP contribution is 2.70. The lowest BCUT2D eigenvalue weighted by Crippen LogP contribution is -2.56. The molecule has 3 unspecified atom stereocenters. The Bertz CT molecular complexity index is 417. The third-order valence-electron chi connectivity index (χ3n) is 6.23. The molecule has 4 saturated carbocycles. The minimum absolute atomic E-state index is 0.289. The lowest BCUT2D eigenvalue weighted by atomic mass is 9.40. The predicted molar refractivity (Wildman–Crippen MR) is 90.5 cm³/mol.